The van der Waals surface area contributed by atoms with Crippen LogP contribution in [0.3, 0.4) is 0 Å². The van der Waals surface area contributed by atoms with Crippen LogP contribution in [0.1, 0.15) is 48.1 Å². The fourth-order valence-corrected chi connectivity index (χ4v) is 4.12. The van der Waals surface area contributed by atoms with Gasteiger partial charge in [0.05, 0.1) is 31.4 Å². The molecule has 0 spiro atoms. The van der Waals surface area contributed by atoms with Gasteiger partial charge in [-0.1, -0.05) is 31.5 Å². The van der Waals surface area contributed by atoms with Crippen LogP contribution in [0.2, 0.25) is 0 Å². The molecular formula is C25H29NO5. The Kier molecular flexibility index (Phi) is 6.68. The Labute approximate surface area is 183 Å². The maximum absolute atomic E-state index is 13.1. The second kappa shape index (κ2) is 9.25. The first kappa shape index (κ1) is 22.4. The molecule has 2 aromatic rings. The van der Waals surface area contributed by atoms with Gasteiger partial charge in [0.1, 0.15) is 17.3 Å². The molecule has 6 heteroatoms. The first-order chi connectivity index (χ1) is 14.8. The zero-order valence-electron chi connectivity index (χ0n) is 18.7. The van der Waals surface area contributed by atoms with Crippen molar-refractivity contribution < 1.29 is 24.2 Å². The molecule has 1 N–H and O–H groups in total. The quantitative estimate of drug-likeness (QED) is 0.402. The van der Waals surface area contributed by atoms with Gasteiger partial charge in [-0.05, 0) is 55.2 Å². The van der Waals surface area contributed by atoms with E-state index in [-0.39, 0.29) is 11.3 Å². The van der Waals surface area contributed by atoms with Crippen LogP contribution in [-0.4, -0.2) is 42.5 Å². The number of benzene rings is 2. The maximum atomic E-state index is 13.1. The van der Waals surface area contributed by atoms with Crippen molar-refractivity contribution in [2.24, 2.45) is 0 Å². The molecule has 0 aromatic heterocycles. The van der Waals surface area contributed by atoms with Gasteiger partial charge in [-0.3, -0.25) is 9.59 Å². The van der Waals surface area contributed by atoms with Gasteiger partial charge in [0.25, 0.3) is 11.7 Å². The van der Waals surface area contributed by atoms with E-state index < -0.39 is 17.7 Å². The lowest BCUT2D eigenvalue weighted by atomic mass is 9.93. The SMILES string of the molecule is CCCCN1C(=O)C(=O)/C(=C(/O)c2cc(C)cc(C)c2OC)C1c1ccc(OC)cc1. The summed E-state index contributed by atoms with van der Waals surface area (Å²) in [6.07, 6.45) is 1.63. The average Bonchev–Trinajstić information content (AvgIpc) is 3.01. The molecule has 0 saturated carbocycles. The molecule has 1 saturated heterocycles. The van der Waals surface area contributed by atoms with Crippen LogP contribution < -0.4 is 9.47 Å². The van der Waals surface area contributed by atoms with E-state index in [0.29, 0.717) is 23.6 Å². The van der Waals surface area contributed by atoms with E-state index in [1.165, 1.54) is 7.11 Å². The zero-order chi connectivity index (χ0) is 22.7. The third kappa shape index (κ3) is 4.15. The summed E-state index contributed by atoms with van der Waals surface area (Å²) in [6, 6.07) is 10.2. The number of Topliss-reactive ketones (excluding diaryl/α,β-unsaturated/α-hetero) is 1. The molecule has 1 aliphatic rings. The van der Waals surface area contributed by atoms with Gasteiger partial charge >= 0.3 is 0 Å². The summed E-state index contributed by atoms with van der Waals surface area (Å²) in [6.45, 7) is 6.24. The van der Waals surface area contributed by atoms with E-state index in [4.69, 9.17) is 9.47 Å². The van der Waals surface area contributed by atoms with E-state index in [1.54, 1.807) is 30.2 Å². The molecule has 0 aliphatic carbocycles. The molecule has 0 bridgehead atoms. The van der Waals surface area contributed by atoms with Crippen LogP contribution in [0.4, 0.5) is 0 Å². The van der Waals surface area contributed by atoms with Gasteiger partial charge in [0, 0.05) is 6.54 Å². The fourth-order valence-electron chi connectivity index (χ4n) is 4.12. The highest BCUT2D eigenvalue weighted by Gasteiger charge is 2.46. The van der Waals surface area contributed by atoms with Gasteiger partial charge in [0.2, 0.25) is 0 Å². The highest BCUT2D eigenvalue weighted by atomic mass is 16.5. The molecule has 2 aromatic carbocycles. The van der Waals surface area contributed by atoms with Crippen LogP contribution >= 0.6 is 0 Å². The Morgan fingerprint density at radius 2 is 1.74 bits per heavy atom. The number of ketones is 1. The molecule has 1 unspecified atom stereocenters. The first-order valence-corrected chi connectivity index (χ1v) is 10.4. The largest absolute Gasteiger partial charge is 0.507 e. The second-order valence-electron chi connectivity index (χ2n) is 7.78. The third-order valence-corrected chi connectivity index (χ3v) is 5.60. The molecule has 0 radical (unpaired) electrons. The molecule has 6 nitrogen and oxygen atoms in total. The number of rotatable bonds is 7. The molecule has 164 valence electrons. The predicted molar refractivity (Wildman–Crippen MR) is 119 cm³/mol. The Morgan fingerprint density at radius 1 is 1.06 bits per heavy atom. The number of likely N-dealkylation sites (tertiary alicyclic amines) is 1. The number of amides is 1. The maximum Gasteiger partial charge on any atom is 0.295 e. The Balaban J connectivity index is 2.24. The molecule has 1 atom stereocenters. The number of aliphatic hydroxyl groups excluding tert-OH is 1. The minimum atomic E-state index is -0.685. The Morgan fingerprint density at radius 3 is 2.32 bits per heavy atom. The summed E-state index contributed by atoms with van der Waals surface area (Å²) < 4.78 is 10.8. The summed E-state index contributed by atoms with van der Waals surface area (Å²) in [7, 11) is 3.10. The first-order valence-electron chi connectivity index (χ1n) is 10.4. The number of carbonyl (C=O) groups excluding carboxylic acids is 2. The Bertz CT molecular complexity index is 1020. The topological polar surface area (TPSA) is 76.1 Å². The number of carbonyl (C=O) groups is 2. The van der Waals surface area contributed by atoms with Crippen LogP contribution in [0.15, 0.2) is 42.0 Å². The number of aryl methyl sites for hydroxylation is 2. The summed E-state index contributed by atoms with van der Waals surface area (Å²) in [5.41, 5.74) is 2.98. The zero-order valence-corrected chi connectivity index (χ0v) is 18.7. The monoisotopic (exact) mass is 423 g/mol. The van der Waals surface area contributed by atoms with Crippen LogP contribution in [-0.2, 0) is 9.59 Å². The van der Waals surface area contributed by atoms with Crippen molar-refractivity contribution in [1.82, 2.24) is 4.90 Å². The molecule has 1 aliphatic heterocycles. The highest BCUT2D eigenvalue weighted by Crippen LogP contribution is 2.42. The van der Waals surface area contributed by atoms with Crippen molar-refractivity contribution in [3.05, 3.63) is 64.2 Å². The van der Waals surface area contributed by atoms with Gasteiger partial charge < -0.3 is 19.5 Å². The van der Waals surface area contributed by atoms with Gasteiger partial charge in [-0.15, -0.1) is 0 Å². The van der Waals surface area contributed by atoms with E-state index in [2.05, 4.69) is 0 Å². The summed E-state index contributed by atoms with van der Waals surface area (Å²) in [5.74, 6) is -0.349. The molecule has 1 heterocycles. The van der Waals surface area contributed by atoms with Crippen LogP contribution in [0.25, 0.3) is 5.76 Å². The van der Waals surface area contributed by atoms with E-state index in [9.17, 15) is 14.7 Å². The number of hydrogen-bond acceptors (Lipinski definition) is 5. The predicted octanol–water partition coefficient (Wildman–Crippen LogP) is 4.54. The summed E-state index contributed by atoms with van der Waals surface area (Å²) in [4.78, 5) is 27.6. The smallest absolute Gasteiger partial charge is 0.295 e. The van der Waals surface area contributed by atoms with Crippen LogP contribution in [0, 0.1) is 13.8 Å². The summed E-state index contributed by atoms with van der Waals surface area (Å²) >= 11 is 0. The number of ether oxygens (including phenoxy) is 2. The van der Waals surface area contributed by atoms with Gasteiger partial charge in [0.15, 0.2) is 0 Å². The normalized spacial score (nSPS) is 17.8. The minimum Gasteiger partial charge on any atom is -0.507 e. The summed E-state index contributed by atoms with van der Waals surface area (Å²) in [5, 5.41) is 11.3. The fraction of sp³-hybridized carbons (Fsp3) is 0.360. The molecule has 1 fully saturated rings. The molecule has 1 amide bonds. The molecule has 31 heavy (non-hydrogen) atoms. The number of methoxy groups -OCH3 is 2. The van der Waals surface area contributed by atoms with Crippen molar-refractivity contribution in [2.75, 3.05) is 20.8 Å². The van der Waals surface area contributed by atoms with Crippen LogP contribution in [0.5, 0.6) is 11.5 Å². The van der Waals surface area contributed by atoms with E-state index >= 15 is 0 Å². The average molecular weight is 424 g/mol. The van der Waals surface area contributed by atoms with E-state index in [0.717, 1.165) is 29.5 Å². The number of hydrogen-bond donors (Lipinski definition) is 1. The molecule has 3 rings (SSSR count). The van der Waals surface area contributed by atoms with Crippen molar-refractivity contribution in [1.29, 1.82) is 0 Å². The second-order valence-corrected chi connectivity index (χ2v) is 7.78. The van der Waals surface area contributed by atoms with Crippen molar-refractivity contribution in [3.8, 4) is 11.5 Å². The minimum absolute atomic E-state index is 0.0783. The standard InChI is InChI=1S/C25H29NO5/c1-6-7-12-26-21(17-8-10-18(30-4)11-9-17)20(23(28)25(26)29)22(27)19-14-15(2)13-16(3)24(19)31-5/h8-11,13-14,21,27H,6-7,12H2,1-5H3/b22-20+. The lowest BCUT2D eigenvalue weighted by Gasteiger charge is -2.25. The number of nitrogens with zero attached hydrogens (tertiary/aromatic N) is 1. The number of aliphatic hydroxyl groups is 1. The van der Waals surface area contributed by atoms with Gasteiger partial charge in [-0.25, -0.2) is 0 Å². The third-order valence-electron chi connectivity index (χ3n) is 5.60. The highest BCUT2D eigenvalue weighted by molar-refractivity contribution is 6.46. The van der Waals surface area contributed by atoms with Gasteiger partial charge in [-0.2, -0.15) is 0 Å². The molecular weight excluding hydrogens is 394 g/mol. The lowest BCUT2D eigenvalue weighted by Crippen LogP contribution is -2.30. The van der Waals surface area contributed by atoms with Crippen molar-refractivity contribution in [3.63, 3.8) is 0 Å². The lowest BCUT2D eigenvalue weighted by molar-refractivity contribution is -0.139. The van der Waals surface area contributed by atoms with E-state index in [1.807, 2.05) is 39.0 Å². The van der Waals surface area contributed by atoms with Crippen molar-refractivity contribution >= 4 is 17.4 Å². The number of unbranched alkanes of at least 4 members (excludes halogenated alkanes) is 1. The Hall–Kier alpha value is -3.28. The van der Waals surface area contributed by atoms with Crippen molar-refractivity contribution in [2.45, 2.75) is 39.7 Å².